The predicted octanol–water partition coefficient (Wildman–Crippen LogP) is 4.88. The van der Waals surface area contributed by atoms with E-state index in [9.17, 15) is 18.4 Å². The summed E-state index contributed by atoms with van der Waals surface area (Å²) in [5.74, 6) is -2.27. The Morgan fingerprint density at radius 3 is 2.43 bits per heavy atom. The van der Waals surface area contributed by atoms with E-state index in [-0.39, 0.29) is 11.4 Å². The molecule has 0 aliphatic rings. The van der Waals surface area contributed by atoms with Crippen molar-refractivity contribution in [3.8, 4) is 0 Å². The summed E-state index contributed by atoms with van der Waals surface area (Å²) in [6.45, 7) is 3.14. The first-order valence-electron chi connectivity index (χ1n) is 8.65. The third-order valence-electron chi connectivity index (χ3n) is 4.06. The van der Waals surface area contributed by atoms with Crippen LogP contribution in [-0.2, 0) is 16.0 Å². The van der Waals surface area contributed by atoms with Gasteiger partial charge in [-0.1, -0.05) is 25.1 Å². The molecule has 0 saturated carbocycles. The minimum absolute atomic E-state index is 0.220. The average molecular weight is 384 g/mol. The highest BCUT2D eigenvalue weighted by Crippen LogP contribution is 2.28. The lowest BCUT2D eigenvalue weighted by Gasteiger charge is -2.09. The second kappa shape index (κ2) is 8.04. The molecule has 144 valence electrons. The molecule has 0 fully saturated rings. The van der Waals surface area contributed by atoms with Crippen molar-refractivity contribution in [2.24, 2.45) is 0 Å². The van der Waals surface area contributed by atoms with Crippen LogP contribution >= 0.6 is 0 Å². The molecular formula is C21H18F2N2O3. The van der Waals surface area contributed by atoms with Crippen LogP contribution in [0.1, 0.15) is 25.2 Å². The topological polar surface area (TPSA) is 71.3 Å². The maximum absolute atomic E-state index is 14.0. The lowest BCUT2D eigenvalue weighted by Crippen LogP contribution is -2.12. The Balaban J connectivity index is 1.84. The first-order valence-corrected chi connectivity index (χ1v) is 8.65. The molecule has 0 bridgehead atoms. The number of benzene rings is 2. The van der Waals surface area contributed by atoms with Gasteiger partial charge in [0.15, 0.2) is 0 Å². The van der Waals surface area contributed by atoms with Crippen LogP contribution in [0.25, 0.3) is 17.0 Å². The molecule has 3 rings (SSSR count). The minimum atomic E-state index is -0.948. The van der Waals surface area contributed by atoms with Gasteiger partial charge in [-0.05, 0) is 18.2 Å². The van der Waals surface area contributed by atoms with Gasteiger partial charge in [0, 0.05) is 36.4 Å². The molecule has 0 aliphatic heterocycles. The van der Waals surface area contributed by atoms with Gasteiger partial charge in [0.05, 0.1) is 11.4 Å². The standard InChI is InChI=1S/C21H18F2N2O3/c1-3-19-14(13-6-4-5-7-20(13)28-19)8-9-21(27)25-18-11-17(24-12(2)26)15(22)10-16(18)23/h4-11H,3H2,1-2H3,(H,24,26)(H,25,27)/b9-8+. The third kappa shape index (κ3) is 4.09. The van der Waals surface area contributed by atoms with Gasteiger partial charge in [-0.2, -0.15) is 0 Å². The van der Waals surface area contributed by atoms with Crippen LogP contribution in [0.15, 0.2) is 46.9 Å². The molecule has 0 aliphatic carbocycles. The fraction of sp³-hybridized carbons (Fsp3) is 0.143. The summed E-state index contributed by atoms with van der Waals surface area (Å²) < 4.78 is 33.4. The molecule has 0 unspecified atom stereocenters. The van der Waals surface area contributed by atoms with Gasteiger partial charge in [0.1, 0.15) is 23.0 Å². The van der Waals surface area contributed by atoms with Gasteiger partial charge in [-0.3, -0.25) is 9.59 Å². The lowest BCUT2D eigenvalue weighted by molar-refractivity contribution is -0.114. The molecule has 0 atom stereocenters. The molecule has 0 radical (unpaired) electrons. The van der Waals surface area contributed by atoms with Crippen molar-refractivity contribution in [2.45, 2.75) is 20.3 Å². The number of rotatable bonds is 5. The number of aryl methyl sites for hydroxylation is 1. The highest BCUT2D eigenvalue weighted by Gasteiger charge is 2.13. The maximum Gasteiger partial charge on any atom is 0.248 e. The first kappa shape index (κ1) is 19.3. The average Bonchev–Trinajstić information content (AvgIpc) is 3.01. The molecule has 2 aromatic carbocycles. The molecule has 3 aromatic rings. The van der Waals surface area contributed by atoms with Gasteiger partial charge < -0.3 is 15.1 Å². The Morgan fingerprint density at radius 1 is 1.07 bits per heavy atom. The molecule has 0 spiro atoms. The smallest absolute Gasteiger partial charge is 0.248 e. The number of carbonyl (C=O) groups is 2. The van der Waals surface area contributed by atoms with Crippen LogP contribution < -0.4 is 10.6 Å². The summed E-state index contributed by atoms with van der Waals surface area (Å²) >= 11 is 0. The lowest BCUT2D eigenvalue weighted by atomic mass is 10.1. The fourth-order valence-electron chi connectivity index (χ4n) is 2.83. The molecule has 2 amide bonds. The molecule has 1 heterocycles. The van der Waals surface area contributed by atoms with Crippen LogP contribution in [0.2, 0.25) is 0 Å². The van der Waals surface area contributed by atoms with Crippen LogP contribution in [0.4, 0.5) is 20.2 Å². The Hall–Kier alpha value is -3.48. The quantitative estimate of drug-likeness (QED) is 0.616. The molecule has 1 aromatic heterocycles. The maximum atomic E-state index is 14.0. The summed E-state index contributed by atoms with van der Waals surface area (Å²) in [6.07, 6.45) is 3.48. The zero-order valence-corrected chi connectivity index (χ0v) is 15.3. The first-order chi connectivity index (χ1) is 13.4. The largest absolute Gasteiger partial charge is 0.460 e. The van der Waals surface area contributed by atoms with E-state index < -0.39 is 23.4 Å². The van der Waals surface area contributed by atoms with E-state index >= 15 is 0 Å². The Kier molecular flexibility index (Phi) is 5.54. The van der Waals surface area contributed by atoms with Gasteiger partial charge in [-0.25, -0.2) is 8.78 Å². The van der Waals surface area contributed by atoms with Crippen LogP contribution in [0.3, 0.4) is 0 Å². The number of hydrogen-bond acceptors (Lipinski definition) is 3. The summed E-state index contributed by atoms with van der Waals surface area (Å²) in [5, 5.41) is 5.46. The van der Waals surface area contributed by atoms with E-state index in [1.54, 1.807) is 6.08 Å². The molecule has 28 heavy (non-hydrogen) atoms. The number of hydrogen-bond donors (Lipinski definition) is 2. The van der Waals surface area contributed by atoms with Crippen molar-refractivity contribution >= 4 is 40.2 Å². The number of carbonyl (C=O) groups excluding carboxylic acids is 2. The van der Waals surface area contributed by atoms with Crippen molar-refractivity contribution in [2.75, 3.05) is 10.6 Å². The van der Waals surface area contributed by atoms with Gasteiger partial charge in [-0.15, -0.1) is 0 Å². The van der Waals surface area contributed by atoms with Crippen molar-refractivity contribution < 1.29 is 22.8 Å². The Morgan fingerprint density at radius 2 is 1.75 bits per heavy atom. The van der Waals surface area contributed by atoms with Crippen LogP contribution in [0, 0.1) is 11.6 Å². The van der Waals surface area contributed by atoms with Crippen molar-refractivity contribution in [3.05, 3.63) is 65.4 Å². The van der Waals surface area contributed by atoms with Crippen molar-refractivity contribution in [3.63, 3.8) is 0 Å². The molecule has 7 heteroatoms. The number of fused-ring (bicyclic) bond motifs is 1. The zero-order valence-electron chi connectivity index (χ0n) is 15.3. The van der Waals surface area contributed by atoms with Gasteiger partial charge in [0.25, 0.3) is 0 Å². The highest BCUT2D eigenvalue weighted by atomic mass is 19.1. The van der Waals surface area contributed by atoms with E-state index in [0.717, 1.165) is 22.8 Å². The second-order valence-electron chi connectivity index (χ2n) is 6.10. The van der Waals surface area contributed by atoms with E-state index in [2.05, 4.69) is 10.6 Å². The number of amides is 2. The Bertz CT molecular complexity index is 1090. The summed E-state index contributed by atoms with van der Waals surface area (Å²) in [6, 6.07) is 9.08. The minimum Gasteiger partial charge on any atom is -0.460 e. The molecule has 2 N–H and O–H groups in total. The summed E-state index contributed by atoms with van der Waals surface area (Å²) in [7, 11) is 0. The number of halogens is 2. The van der Waals surface area contributed by atoms with Crippen molar-refractivity contribution in [1.82, 2.24) is 0 Å². The van der Waals surface area contributed by atoms with E-state index in [1.165, 1.54) is 13.0 Å². The van der Waals surface area contributed by atoms with E-state index in [1.807, 2.05) is 31.2 Å². The SMILES string of the molecule is CCc1oc2ccccc2c1/C=C/C(=O)Nc1cc(NC(C)=O)c(F)cc1F. The van der Waals surface area contributed by atoms with Crippen LogP contribution in [0.5, 0.6) is 0 Å². The second-order valence-corrected chi connectivity index (χ2v) is 6.10. The van der Waals surface area contributed by atoms with Gasteiger partial charge >= 0.3 is 0 Å². The van der Waals surface area contributed by atoms with Crippen molar-refractivity contribution in [1.29, 1.82) is 0 Å². The molecule has 0 saturated heterocycles. The highest BCUT2D eigenvalue weighted by molar-refractivity contribution is 6.04. The number of nitrogens with one attached hydrogen (secondary N) is 2. The Labute approximate surface area is 160 Å². The summed E-state index contributed by atoms with van der Waals surface area (Å²) in [5.41, 5.74) is 1.02. The predicted molar refractivity (Wildman–Crippen MR) is 104 cm³/mol. The molecule has 5 nitrogen and oxygen atoms in total. The number of para-hydroxylation sites is 1. The summed E-state index contributed by atoms with van der Waals surface area (Å²) in [4.78, 5) is 23.3. The fourth-order valence-corrected chi connectivity index (χ4v) is 2.83. The zero-order chi connectivity index (χ0) is 20.3. The number of furan rings is 1. The van der Waals surface area contributed by atoms with E-state index in [4.69, 9.17) is 4.42 Å². The monoisotopic (exact) mass is 384 g/mol. The third-order valence-corrected chi connectivity index (χ3v) is 4.06. The number of anilines is 2. The van der Waals surface area contributed by atoms with E-state index in [0.29, 0.717) is 18.1 Å². The molecular weight excluding hydrogens is 366 g/mol. The van der Waals surface area contributed by atoms with Crippen LogP contribution in [-0.4, -0.2) is 11.8 Å². The normalized spacial score (nSPS) is 11.1. The van der Waals surface area contributed by atoms with Gasteiger partial charge in [0.2, 0.25) is 11.8 Å².